The predicted octanol–water partition coefficient (Wildman–Crippen LogP) is 4.23. The lowest BCUT2D eigenvalue weighted by molar-refractivity contribution is 0.244. The van der Waals surface area contributed by atoms with Gasteiger partial charge in [0.25, 0.3) is 0 Å². The molecule has 1 N–H and O–H groups in total. The van der Waals surface area contributed by atoms with E-state index in [2.05, 4.69) is 29.2 Å². The number of benzene rings is 2. The number of hydrogen-bond donors (Lipinski definition) is 1. The number of halogens is 1. The van der Waals surface area contributed by atoms with Crippen molar-refractivity contribution in [3.63, 3.8) is 0 Å². The Hall–Kier alpha value is -2.34. The normalized spacial score (nSPS) is 11.2. The molecule has 0 saturated heterocycles. The number of ether oxygens (including phenoxy) is 1. The molecule has 0 bridgehead atoms. The Kier molecular flexibility index (Phi) is 7.09. The summed E-state index contributed by atoms with van der Waals surface area (Å²) in [5.41, 5.74) is 3.88. The number of aryl methyl sites for hydroxylation is 1. The van der Waals surface area contributed by atoms with Crippen LogP contribution in [0, 0.1) is 6.92 Å². The van der Waals surface area contributed by atoms with Crippen molar-refractivity contribution >= 4 is 11.6 Å². The minimum absolute atomic E-state index is 0.222. The molecule has 0 radical (unpaired) electrons. The maximum Gasteiger partial charge on any atom is 0.139 e. The molecule has 0 aliphatic heterocycles. The molecular formula is C22H26ClN3O2. The highest BCUT2D eigenvalue weighted by atomic mass is 35.5. The highest BCUT2D eigenvalue weighted by Crippen LogP contribution is 2.25. The van der Waals surface area contributed by atoms with Gasteiger partial charge in [0, 0.05) is 25.3 Å². The average molecular weight is 400 g/mol. The number of nitrogens with zero attached hydrogens (tertiary/aromatic N) is 3. The number of rotatable bonds is 9. The molecule has 148 valence electrons. The van der Waals surface area contributed by atoms with Crippen LogP contribution in [0.5, 0.6) is 5.75 Å². The second-order valence-electron chi connectivity index (χ2n) is 6.85. The first-order chi connectivity index (χ1) is 13.6. The Labute approximate surface area is 171 Å². The highest BCUT2D eigenvalue weighted by Gasteiger charge is 2.15. The highest BCUT2D eigenvalue weighted by molar-refractivity contribution is 6.30. The molecule has 0 spiro atoms. The molecule has 5 nitrogen and oxygen atoms in total. The summed E-state index contributed by atoms with van der Waals surface area (Å²) < 4.78 is 7.68. The van der Waals surface area contributed by atoms with Crippen LogP contribution in [-0.4, -0.2) is 40.0 Å². The van der Waals surface area contributed by atoms with Crippen LogP contribution in [-0.2, 0) is 13.2 Å². The van der Waals surface area contributed by atoms with E-state index in [1.165, 1.54) is 5.56 Å². The van der Waals surface area contributed by atoms with Crippen molar-refractivity contribution in [2.24, 2.45) is 0 Å². The quantitative estimate of drug-likeness (QED) is 0.585. The number of para-hydroxylation sites is 1. The van der Waals surface area contributed by atoms with E-state index in [1.807, 2.05) is 49.4 Å². The van der Waals surface area contributed by atoms with E-state index in [-0.39, 0.29) is 6.61 Å². The Balaban J connectivity index is 1.62. The van der Waals surface area contributed by atoms with E-state index in [4.69, 9.17) is 21.4 Å². The minimum Gasteiger partial charge on any atom is -0.489 e. The maximum atomic E-state index is 8.92. The summed E-state index contributed by atoms with van der Waals surface area (Å²) >= 11 is 6.55. The van der Waals surface area contributed by atoms with Crippen molar-refractivity contribution in [2.45, 2.75) is 26.5 Å². The van der Waals surface area contributed by atoms with Crippen molar-refractivity contribution in [3.8, 4) is 11.4 Å². The van der Waals surface area contributed by atoms with Crippen LogP contribution in [0.4, 0.5) is 0 Å². The fourth-order valence-corrected chi connectivity index (χ4v) is 3.34. The third-order valence-corrected chi connectivity index (χ3v) is 4.97. The lowest BCUT2D eigenvalue weighted by Gasteiger charge is -2.16. The van der Waals surface area contributed by atoms with Crippen molar-refractivity contribution in [1.82, 2.24) is 14.7 Å². The zero-order valence-corrected chi connectivity index (χ0v) is 17.1. The molecule has 1 heterocycles. The molecule has 28 heavy (non-hydrogen) atoms. The van der Waals surface area contributed by atoms with Crippen LogP contribution in [0.15, 0.2) is 54.6 Å². The van der Waals surface area contributed by atoms with E-state index >= 15 is 0 Å². The van der Waals surface area contributed by atoms with Gasteiger partial charge in [0.1, 0.15) is 17.5 Å². The fourth-order valence-electron chi connectivity index (χ4n) is 3.01. The summed E-state index contributed by atoms with van der Waals surface area (Å²) in [5, 5.41) is 14.0. The van der Waals surface area contributed by atoms with E-state index in [0.717, 1.165) is 42.2 Å². The third kappa shape index (κ3) is 5.13. The Bertz CT molecular complexity index is 879. The maximum absolute atomic E-state index is 8.92. The fraction of sp³-hybridized carbons (Fsp3) is 0.318. The van der Waals surface area contributed by atoms with Crippen LogP contribution in [0.2, 0.25) is 5.15 Å². The van der Waals surface area contributed by atoms with Gasteiger partial charge in [0.15, 0.2) is 0 Å². The van der Waals surface area contributed by atoms with Crippen LogP contribution >= 0.6 is 11.6 Å². The largest absolute Gasteiger partial charge is 0.489 e. The van der Waals surface area contributed by atoms with Crippen LogP contribution < -0.4 is 4.74 Å². The van der Waals surface area contributed by atoms with E-state index < -0.39 is 0 Å². The second-order valence-corrected chi connectivity index (χ2v) is 7.21. The van der Waals surface area contributed by atoms with E-state index in [9.17, 15) is 0 Å². The van der Waals surface area contributed by atoms with Gasteiger partial charge in [0.2, 0.25) is 0 Å². The summed E-state index contributed by atoms with van der Waals surface area (Å²) in [7, 11) is 2.05. The summed E-state index contributed by atoms with van der Waals surface area (Å²) in [6, 6.07) is 17.9. The topological polar surface area (TPSA) is 50.5 Å². The van der Waals surface area contributed by atoms with Crippen LogP contribution in [0.3, 0.4) is 0 Å². The predicted molar refractivity (Wildman–Crippen MR) is 112 cm³/mol. The van der Waals surface area contributed by atoms with E-state index in [0.29, 0.717) is 11.8 Å². The van der Waals surface area contributed by atoms with Gasteiger partial charge in [-0.3, -0.25) is 0 Å². The monoisotopic (exact) mass is 399 g/mol. The van der Waals surface area contributed by atoms with Gasteiger partial charge in [-0.1, -0.05) is 41.9 Å². The average Bonchev–Trinajstić information content (AvgIpc) is 3.00. The Morgan fingerprint density at radius 2 is 1.82 bits per heavy atom. The molecule has 3 rings (SSSR count). The summed E-state index contributed by atoms with van der Waals surface area (Å²) in [4.78, 5) is 2.19. The molecule has 0 atom stereocenters. The lowest BCUT2D eigenvalue weighted by atomic mass is 10.2. The molecule has 0 aliphatic carbocycles. The Morgan fingerprint density at radius 3 is 2.50 bits per heavy atom. The molecule has 0 fully saturated rings. The van der Waals surface area contributed by atoms with Crippen molar-refractivity contribution < 1.29 is 9.84 Å². The number of hydrogen-bond acceptors (Lipinski definition) is 4. The molecule has 3 aromatic rings. The molecule has 0 amide bonds. The summed E-state index contributed by atoms with van der Waals surface area (Å²) in [6.07, 6.45) is 0.786. The first-order valence-corrected chi connectivity index (χ1v) is 9.77. The summed E-state index contributed by atoms with van der Waals surface area (Å²) in [6.45, 7) is 4.25. The molecule has 0 aliphatic rings. The van der Waals surface area contributed by atoms with Gasteiger partial charge < -0.3 is 14.7 Å². The molecule has 0 unspecified atom stereocenters. The van der Waals surface area contributed by atoms with Gasteiger partial charge in [-0.05, 0) is 50.2 Å². The standard InChI is InChI=1S/C22H26ClN3O2/c1-17-21(22(23)26(24-17)19-7-4-3-5-8-19)16-28-20-11-9-18(10-12-20)15-25(2)13-6-14-27/h3-5,7-12,27H,6,13-16H2,1-2H3. The number of aliphatic hydroxyl groups excluding tert-OH is 1. The summed E-state index contributed by atoms with van der Waals surface area (Å²) in [5.74, 6) is 0.796. The first-order valence-electron chi connectivity index (χ1n) is 9.39. The van der Waals surface area contributed by atoms with Gasteiger partial charge in [0.05, 0.1) is 11.4 Å². The van der Waals surface area contributed by atoms with E-state index in [1.54, 1.807) is 4.68 Å². The molecule has 0 saturated carbocycles. The zero-order valence-electron chi connectivity index (χ0n) is 16.3. The minimum atomic E-state index is 0.222. The van der Waals surface area contributed by atoms with Crippen LogP contribution in [0.25, 0.3) is 5.69 Å². The molecule has 1 aromatic heterocycles. The van der Waals surface area contributed by atoms with Gasteiger partial charge >= 0.3 is 0 Å². The van der Waals surface area contributed by atoms with Crippen molar-refractivity contribution in [2.75, 3.05) is 20.2 Å². The smallest absolute Gasteiger partial charge is 0.139 e. The zero-order chi connectivity index (χ0) is 19.9. The lowest BCUT2D eigenvalue weighted by Crippen LogP contribution is -2.19. The SMILES string of the molecule is Cc1nn(-c2ccccc2)c(Cl)c1COc1ccc(CN(C)CCCO)cc1. The van der Waals surface area contributed by atoms with Crippen LogP contribution in [0.1, 0.15) is 23.2 Å². The van der Waals surface area contributed by atoms with Gasteiger partial charge in [-0.15, -0.1) is 0 Å². The Morgan fingerprint density at radius 1 is 1.11 bits per heavy atom. The number of aromatic nitrogens is 2. The van der Waals surface area contributed by atoms with Crippen molar-refractivity contribution in [1.29, 1.82) is 0 Å². The number of aliphatic hydroxyl groups is 1. The molecule has 2 aromatic carbocycles. The first kappa shape index (κ1) is 20.4. The van der Waals surface area contributed by atoms with Gasteiger partial charge in [-0.25, -0.2) is 4.68 Å². The third-order valence-electron chi connectivity index (χ3n) is 4.58. The molecule has 6 heteroatoms. The molecular weight excluding hydrogens is 374 g/mol. The van der Waals surface area contributed by atoms with Gasteiger partial charge in [-0.2, -0.15) is 5.10 Å². The van der Waals surface area contributed by atoms with Crippen molar-refractivity contribution in [3.05, 3.63) is 76.6 Å². The second kappa shape index (κ2) is 9.73.